The normalized spacial score (nSPS) is 28.7. The summed E-state index contributed by atoms with van der Waals surface area (Å²) in [5.41, 5.74) is 1.65. The zero-order valence-corrected chi connectivity index (χ0v) is 10.4. The molecule has 0 bridgehead atoms. The summed E-state index contributed by atoms with van der Waals surface area (Å²) in [6.07, 6.45) is 1.55. The highest BCUT2D eigenvalue weighted by atomic mass is 32.1. The van der Waals surface area contributed by atoms with Crippen LogP contribution in [0.3, 0.4) is 0 Å². The third-order valence-electron chi connectivity index (χ3n) is 3.59. The van der Waals surface area contributed by atoms with Crippen molar-refractivity contribution in [2.24, 2.45) is 5.41 Å². The second kappa shape index (κ2) is 4.24. The van der Waals surface area contributed by atoms with Gasteiger partial charge in [0.15, 0.2) is 0 Å². The van der Waals surface area contributed by atoms with Crippen LogP contribution in [-0.2, 0) is 11.3 Å². The Kier molecular flexibility index (Phi) is 3.14. The van der Waals surface area contributed by atoms with Crippen LogP contribution in [0.25, 0.3) is 0 Å². The lowest BCUT2D eigenvalue weighted by molar-refractivity contribution is -0.0978. The molecule has 84 valence electrons. The number of rotatable bonds is 4. The van der Waals surface area contributed by atoms with Crippen LogP contribution >= 0.6 is 11.3 Å². The molecule has 1 aliphatic carbocycles. The molecule has 0 aliphatic heterocycles. The van der Waals surface area contributed by atoms with Gasteiger partial charge in [-0.25, -0.2) is 0 Å². The zero-order valence-electron chi connectivity index (χ0n) is 9.62. The molecule has 1 N–H and O–H groups in total. The highest BCUT2D eigenvalue weighted by Gasteiger charge is 2.48. The second-order valence-corrected chi connectivity index (χ2v) is 5.63. The minimum atomic E-state index is 0.269. The van der Waals surface area contributed by atoms with Gasteiger partial charge in [0.2, 0.25) is 0 Å². The molecule has 0 radical (unpaired) electrons. The molecular formula is C12H19NOS. The van der Waals surface area contributed by atoms with Gasteiger partial charge in [-0.2, -0.15) is 11.3 Å². The molecule has 1 aromatic rings. The number of hydrogen-bond acceptors (Lipinski definition) is 3. The molecule has 1 saturated carbocycles. The van der Waals surface area contributed by atoms with E-state index in [4.69, 9.17) is 4.74 Å². The molecule has 2 atom stereocenters. The van der Waals surface area contributed by atoms with E-state index in [1.54, 1.807) is 11.3 Å². The zero-order chi connectivity index (χ0) is 10.9. The molecular weight excluding hydrogens is 206 g/mol. The molecule has 1 aromatic heterocycles. The number of nitrogens with one attached hydrogen (secondary N) is 1. The monoisotopic (exact) mass is 225 g/mol. The molecule has 0 aromatic carbocycles. The van der Waals surface area contributed by atoms with Crippen molar-refractivity contribution in [3.8, 4) is 0 Å². The number of thiophene rings is 1. The lowest BCUT2D eigenvalue weighted by Gasteiger charge is -2.51. The van der Waals surface area contributed by atoms with Crippen molar-refractivity contribution >= 4 is 11.3 Å². The van der Waals surface area contributed by atoms with Crippen LogP contribution in [0.1, 0.15) is 25.8 Å². The lowest BCUT2D eigenvalue weighted by Crippen LogP contribution is -2.60. The molecule has 1 fully saturated rings. The summed E-state index contributed by atoms with van der Waals surface area (Å²) in [5.74, 6) is 0. The van der Waals surface area contributed by atoms with Crippen molar-refractivity contribution in [1.82, 2.24) is 5.32 Å². The molecule has 15 heavy (non-hydrogen) atoms. The van der Waals surface area contributed by atoms with Crippen LogP contribution in [0.2, 0.25) is 0 Å². The van der Waals surface area contributed by atoms with Crippen molar-refractivity contribution in [2.75, 3.05) is 7.11 Å². The first-order valence-corrected chi connectivity index (χ1v) is 6.36. The van der Waals surface area contributed by atoms with Gasteiger partial charge < -0.3 is 10.1 Å². The van der Waals surface area contributed by atoms with Crippen molar-refractivity contribution in [3.05, 3.63) is 22.4 Å². The van der Waals surface area contributed by atoms with Crippen LogP contribution < -0.4 is 5.32 Å². The van der Waals surface area contributed by atoms with E-state index in [-0.39, 0.29) is 5.41 Å². The summed E-state index contributed by atoms with van der Waals surface area (Å²) < 4.78 is 5.43. The predicted molar refractivity (Wildman–Crippen MR) is 64.1 cm³/mol. The Morgan fingerprint density at radius 1 is 1.60 bits per heavy atom. The van der Waals surface area contributed by atoms with Crippen molar-refractivity contribution in [3.63, 3.8) is 0 Å². The van der Waals surface area contributed by atoms with Crippen LogP contribution in [0.4, 0.5) is 0 Å². The first-order valence-electron chi connectivity index (χ1n) is 5.42. The maximum absolute atomic E-state index is 5.43. The maximum atomic E-state index is 5.43. The van der Waals surface area contributed by atoms with E-state index in [2.05, 4.69) is 36.0 Å². The number of ether oxygens (including phenoxy) is 1. The van der Waals surface area contributed by atoms with Crippen molar-refractivity contribution < 1.29 is 4.74 Å². The van der Waals surface area contributed by atoms with E-state index >= 15 is 0 Å². The van der Waals surface area contributed by atoms with Crippen LogP contribution in [0, 0.1) is 5.41 Å². The highest BCUT2D eigenvalue weighted by molar-refractivity contribution is 7.07. The summed E-state index contributed by atoms with van der Waals surface area (Å²) >= 11 is 1.76. The first kappa shape index (κ1) is 11.1. The van der Waals surface area contributed by atoms with Gasteiger partial charge in [-0.15, -0.1) is 0 Å². The smallest absolute Gasteiger partial charge is 0.0652 e. The molecule has 2 rings (SSSR count). The third-order valence-corrected chi connectivity index (χ3v) is 4.33. The second-order valence-electron chi connectivity index (χ2n) is 4.85. The summed E-state index contributed by atoms with van der Waals surface area (Å²) in [7, 11) is 1.81. The van der Waals surface area contributed by atoms with E-state index in [1.807, 2.05) is 7.11 Å². The average molecular weight is 225 g/mol. The Morgan fingerprint density at radius 2 is 2.40 bits per heavy atom. The summed E-state index contributed by atoms with van der Waals surface area (Å²) in [6, 6.07) is 2.76. The van der Waals surface area contributed by atoms with E-state index in [0.717, 1.165) is 13.0 Å². The lowest BCUT2D eigenvalue weighted by atomic mass is 9.64. The van der Waals surface area contributed by atoms with E-state index in [0.29, 0.717) is 12.1 Å². The average Bonchev–Trinajstić information content (AvgIpc) is 2.69. The number of hydrogen-bond donors (Lipinski definition) is 1. The SMILES string of the molecule is COC1CC(NCc2ccsc2)C1(C)C. The molecule has 1 aliphatic rings. The van der Waals surface area contributed by atoms with Gasteiger partial charge >= 0.3 is 0 Å². The predicted octanol–water partition coefficient (Wildman–Crippen LogP) is 2.65. The molecule has 0 spiro atoms. The molecule has 2 unspecified atom stereocenters. The van der Waals surface area contributed by atoms with Gasteiger partial charge in [0.25, 0.3) is 0 Å². The summed E-state index contributed by atoms with van der Waals surface area (Å²) in [4.78, 5) is 0. The molecule has 0 saturated heterocycles. The van der Waals surface area contributed by atoms with Crippen LogP contribution in [0.5, 0.6) is 0 Å². The summed E-state index contributed by atoms with van der Waals surface area (Å²) in [6.45, 7) is 5.53. The molecule has 1 heterocycles. The van der Waals surface area contributed by atoms with Gasteiger partial charge in [0.1, 0.15) is 0 Å². The van der Waals surface area contributed by atoms with Gasteiger partial charge in [-0.3, -0.25) is 0 Å². The quantitative estimate of drug-likeness (QED) is 0.850. The van der Waals surface area contributed by atoms with Crippen LogP contribution in [0.15, 0.2) is 16.8 Å². The van der Waals surface area contributed by atoms with Gasteiger partial charge in [0, 0.05) is 25.1 Å². The Morgan fingerprint density at radius 3 is 2.93 bits per heavy atom. The minimum absolute atomic E-state index is 0.269. The Bertz CT molecular complexity index is 307. The largest absolute Gasteiger partial charge is 0.381 e. The Labute approximate surface area is 95.6 Å². The fourth-order valence-corrected chi connectivity index (χ4v) is 2.93. The van der Waals surface area contributed by atoms with Crippen molar-refractivity contribution in [1.29, 1.82) is 0 Å². The standard InChI is InChI=1S/C12H19NOS/c1-12(2)10(6-11(12)14-3)13-7-9-4-5-15-8-9/h4-5,8,10-11,13H,6-7H2,1-3H3. The van der Waals surface area contributed by atoms with Gasteiger partial charge in [-0.05, 0) is 28.8 Å². The minimum Gasteiger partial charge on any atom is -0.381 e. The molecule has 3 heteroatoms. The van der Waals surface area contributed by atoms with E-state index < -0.39 is 0 Å². The summed E-state index contributed by atoms with van der Waals surface area (Å²) in [5, 5.41) is 7.93. The van der Waals surface area contributed by atoms with Crippen molar-refractivity contribution in [2.45, 2.75) is 39.0 Å². The van der Waals surface area contributed by atoms with Gasteiger partial charge in [0.05, 0.1) is 6.10 Å². The Balaban J connectivity index is 1.83. The first-order chi connectivity index (χ1) is 7.14. The van der Waals surface area contributed by atoms with Crippen LogP contribution in [-0.4, -0.2) is 19.3 Å². The van der Waals surface area contributed by atoms with E-state index in [1.165, 1.54) is 5.56 Å². The number of methoxy groups -OCH3 is 1. The topological polar surface area (TPSA) is 21.3 Å². The fourth-order valence-electron chi connectivity index (χ4n) is 2.27. The maximum Gasteiger partial charge on any atom is 0.0652 e. The van der Waals surface area contributed by atoms with Gasteiger partial charge in [-0.1, -0.05) is 13.8 Å². The molecule has 2 nitrogen and oxygen atoms in total. The third kappa shape index (κ3) is 2.10. The molecule has 0 amide bonds. The fraction of sp³-hybridized carbons (Fsp3) is 0.667. The van der Waals surface area contributed by atoms with E-state index in [9.17, 15) is 0 Å². The Hall–Kier alpha value is -0.380. The highest BCUT2D eigenvalue weighted by Crippen LogP contribution is 2.42.